The third kappa shape index (κ3) is 8.57. The lowest BCUT2D eigenvalue weighted by Crippen LogP contribution is -2.48. The van der Waals surface area contributed by atoms with Gasteiger partial charge in [-0.25, -0.2) is 22.2 Å². The second kappa shape index (κ2) is 15.7. The van der Waals surface area contributed by atoms with Crippen molar-refractivity contribution in [2.45, 2.75) is 115 Å². The fraction of sp³-hybridized carbons (Fsp3) is 0.634. The molecule has 6 rings (SSSR count). The number of nitrogens with zero attached hydrogens (tertiary/aromatic N) is 2. The van der Waals surface area contributed by atoms with Gasteiger partial charge in [0.25, 0.3) is 0 Å². The molecule has 0 radical (unpaired) electrons. The van der Waals surface area contributed by atoms with Crippen molar-refractivity contribution in [3.05, 3.63) is 42.4 Å². The summed E-state index contributed by atoms with van der Waals surface area (Å²) >= 11 is 0. The zero-order chi connectivity index (χ0) is 40.8. The van der Waals surface area contributed by atoms with E-state index in [0.717, 1.165) is 6.42 Å². The molecule has 12 nitrogen and oxygen atoms in total. The Kier molecular flexibility index (Phi) is 11.6. The van der Waals surface area contributed by atoms with Crippen molar-refractivity contribution in [1.29, 1.82) is 0 Å². The Morgan fingerprint density at radius 2 is 1.84 bits per heavy atom. The number of ether oxygens (including phenoxy) is 3. The third-order valence-electron chi connectivity index (χ3n) is 11.9. The SMILES string of the molecule is COc1cc(F)cc2c(O[C@@H]3C[C@H]4C(=O)C[C@]5(C(=O)NS(=O)(=O)C6(CF)CC6)C[C@H]5/C=C\CC[C@H](C)C[C@@H](C)[C@H](CC(=O)OC(C)(C)C)C(=O)N4C3)nccc12. The van der Waals surface area contributed by atoms with E-state index in [1.807, 2.05) is 19.1 Å². The maximum absolute atomic E-state index is 14.8. The number of carbonyl (C=O) groups is 4. The van der Waals surface area contributed by atoms with Gasteiger partial charge in [0, 0.05) is 30.5 Å². The molecule has 2 aliphatic carbocycles. The Morgan fingerprint density at radius 3 is 2.50 bits per heavy atom. The molecule has 0 spiro atoms. The molecule has 0 bridgehead atoms. The summed E-state index contributed by atoms with van der Waals surface area (Å²) in [6.07, 6.45) is 6.22. The number of sulfonamides is 1. The second-order valence-corrected chi connectivity index (χ2v) is 19.5. The number of hydrogen-bond donors (Lipinski definition) is 1. The summed E-state index contributed by atoms with van der Waals surface area (Å²) in [4.78, 5) is 62.5. The van der Waals surface area contributed by atoms with Crippen LogP contribution in [0, 0.1) is 34.9 Å². The average Bonchev–Trinajstić information content (AvgIpc) is 4.02. The Labute approximate surface area is 327 Å². The van der Waals surface area contributed by atoms with Crippen molar-refractivity contribution in [3.63, 3.8) is 0 Å². The van der Waals surface area contributed by atoms with Crippen LogP contribution in [0.5, 0.6) is 11.6 Å². The first-order chi connectivity index (χ1) is 26.3. The van der Waals surface area contributed by atoms with E-state index in [2.05, 4.69) is 16.6 Å². The Hall–Kier alpha value is -4.14. The molecule has 306 valence electrons. The highest BCUT2D eigenvalue weighted by Gasteiger charge is 2.63. The van der Waals surface area contributed by atoms with Gasteiger partial charge in [-0.1, -0.05) is 26.0 Å². The van der Waals surface area contributed by atoms with E-state index < -0.39 is 85.8 Å². The predicted octanol–water partition coefficient (Wildman–Crippen LogP) is 6.00. The third-order valence-corrected chi connectivity index (χ3v) is 14.0. The fourth-order valence-electron chi connectivity index (χ4n) is 8.41. The Morgan fingerprint density at radius 1 is 1.11 bits per heavy atom. The van der Waals surface area contributed by atoms with E-state index >= 15 is 0 Å². The molecule has 2 amide bonds. The number of allylic oxidation sites excluding steroid dienone is 2. The molecule has 1 aromatic carbocycles. The van der Waals surface area contributed by atoms with E-state index in [0.29, 0.717) is 23.6 Å². The van der Waals surface area contributed by atoms with Gasteiger partial charge >= 0.3 is 5.97 Å². The van der Waals surface area contributed by atoms with Crippen LogP contribution < -0.4 is 14.2 Å². The summed E-state index contributed by atoms with van der Waals surface area (Å²) < 4.78 is 72.8. The monoisotopic (exact) mass is 801 g/mol. The normalized spacial score (nSPS) is 30.0. The van der Waals surface area contributed by atoms with Gasteiger partial charge < -0.3 is 19.1 Å². The minimum Gasteiger partial charge on any atom is -0.496 e. The molecule has 2 aliphatic heterocycles. The van der Waals surface area contributed by atoms with Crippen molar-refractivity contribution in [2.24, 2.45) is 29.1 Å². The molecule has 56 heavy (non-hydrogen) atoms. The van der Waals surface area contributed by atoms with Crippen LogP contribution in [-0.2, 0) is 33.9 Å². The van der Waals surface area contributed by atoms with E-state index in [4.69, 9.17) is 14.2 Å². The summed E-state index contributed by atoms with van der Waals surface area (Å²) in [5.74, 6) is -4.05. The standard InChI is InChI=1S/C41H53F2N3O9S/c1-24-9-7-8-10-26-20-41(26,38(50)45-56(51,52)40(23-42)12-13-40)21-33(47)32-18-28(54-36-31-16-27(43)17-34(53-6)29(31)11-14-44-36)22-46(32)37(49)30(25(2)15-24)19-35(48)55-39(3,4)5/h8,10-11,14,16-17,24-26,28,30,32H,7,9,12-13,15,18-23H2,1-6H3,(H,45,50)/b10-8-/t24-,25+,26+,28+,30-,32-,41+/m0/s1. The second-order valence-electron chi connectivity index (χ2n) is 17.4. The maximum atomic E-state index is 14.8. The van der Waals surface area contributed by atoms with Gasteiger partial charge in [0.15, 0.2) is 5.78 Å². The van der Waals surface area contributed by atoms with Crippen LogP contribution >= 0.6 is 0 Å². The van der Waals surface area contributed by atoms with Gasteiger partial charge in [-0.05, 0) is 89.2 Å². The number of rotatable bonds is 9. The van der Waals surface area contributed by atoms with Gasteiger partial charge in [-0.2, -0.15) is 0 Å². The van der Waals surface area contributed by atoms with Crippen LogP contribution in [0.2, 0.25) is 0 Å². The summed E-state index contributed by atoms with van der Waals surface area (Å²) in [6.45, 7) is 8.00. The molecule has 2 aromatic rings. The number of esters is 1. The Balaban J connectivity index is 1.36. The van der Waals surface area contributed by atoms with E-state index in [1.54, 1.807) is 26.8 Å². The maximum Gasteiger partial charge on any atom is 0.307 e. The van der Waals surface area contributed by atoms with Crippen LogP contribution in [0.15, 0.2) is 36.5 Å². The lowest BCUT2D eigenvalue weighted by atomic mass is 9.82. The number of ketones is 1. The van der Waals surface area contributed by atoms with Gasteiger partial charge in [-0.15, -0.1) is 0 Å². The van der Waals surface area contributed by atoms with Gasteiger partial charge in [0.2, 0.25) is 27.7 Å². The first-order valence-corrected chi connectivity index (χ1v) is 20.9. The number of fused-ring (bicyclic) bond motifs is 3. The molecule has 1 N–H and O–H groups in total. The van der Waals surface area contributed by atoms with Crippen molar-refractivity contribution in [3.8, 4) is 11.6 Å². The minimum atomic E-state index is -4.36. The first kappa shape index (κ1) is 41.5. The predicted molar refractivity (Wildman–Crippen MR) is 203 cm³/mol. The molecule has 3 fully saturated rings. The molecule has 1 saturated heterocycles. The number of carbonyl (C=O) groups excluding carboxylic acids is 4. The number of benzene rings is 1. The average molecular weight is 802 g/mol. The summed E-state index contributed by atoms with van der Waals surface area (Å²) in [7, 11) is -2.95. The van der Waals surface area contributed by atoms with Crippen LogP contribution in [-0.4, -0.2) is 84.7 Å². The summed E-state index contributed by atoms with van der Waals surface area (Å²) in [6, 6.07) is 3.04. The van der Waals surface area contributed by atoms with E-state index in [1.165, 1.54) is 30.3 Å². The van der Waals surface area contributed by atoms with Gasteiger partial charge in [-0.3, -0.25) is 23.9 Å². The zero-order valence-corrected chi connectivity index (χ0v) is 33.8. The summed E-state index contributed by atoms with van der Waals surface area (Å²) in [5.41, 5.74) is -2.23. The molecule has 0 unspecified atom stereocenters. The molecule has 2 saturated carbocycles. The van der Waals surface area contributed by atoms with Crippen molar-refractivity contribution >= 4 is 44.4 Å². The van der Waals surface area contributed by atoms with E-state index in [-0.39, 0.29) is 68.5 Å². The van der Waals surface area contributed by atoms with Gasteiger partial charge in [0.1, 0.15) is 34.7 Å². The number of hydrogen-bond acceptors (Lipinski definition) is 10. The van der Waals surface area contributed by atoms with Crippen LogP contribution in [0.25, 0.3) is 10.8 Å². The van der Waals surface area contributed by atoms with Crippen LogP contribution in [0.4, 0.5) is 8.78 Å². The molecule has 4 aliphatic rings. The van der Waals surface area contributed by atoms with Gasteiger partial charge in [0.05, 0.1) is 42.8 Å². The quantitative estimate of drug-likeness (QED) is 0.236. The number of amides is 2. The number of nitrogens with one attached hydrogen (secondary N) is 1. The fourth-order valence-corrected chi connectivity index (χ4v) is 9.86. The lowest BCUT2D eigenvalue weighted by molar-refractivity contribution is -0.160. The molecule has 1 aromatic heterocycles. The van der Waals surface area contributed by atoms with Crippen molar-refractivity contribution < 1.29 is 50.6 Å². The topological polar surface area (TPSA) is 158 Å². The number of aromatic nitrogens is 1. The van der Waals surface area contributed by atoms with Crippen LogP contribution in [0.3, 0.4) is 0 Å². The van der Waals surface area contributed by atoms with Crippen molar-refractivity contribution in [1.82, 2.24) is 14.6 Å². The molecule has 3 heterocycles. The number of pyridine rings is 1. The number of alkyl halides is 1. The minimum absolute atomic E-state index is 0.0134. The molecule has 7 atom stereocenters. The highest BCUT2D eigenvalue weighted by atomic mass is 32.2. The van der Waals surface area contributed by atoms with Crippen LogP contribution in [0.1, 0.15) is 92.4 Å². The lowest BCUT2D eigenvalue weighted by Gasteiger charge is -2.32. The number of halogens is 2. The molecular formula is C41H53F2N3O9S. The Bertz CT molecular complexity index is 2010. The summed E-state index contributed by atoms with van der Waals surface area (Å²) in [5, 5.41) is 0.860. The molecule has 15 heteroatoms. The van der Waals surface area contributed by atoms with Crippen molar-refractivity contribution in [2.75, 3.05) is 20.3 Å². The highest BCUT2D eigenvalue weighted by molar-refractivity contribution is 7.91. The molecular weight excluding hydrogens is 749 g/mol. The smallest absolute Gasteiger partial charge is 0.307 e. The number of Topliss-reactive ketones (excluding diaryl/α,β-unsaturated/α-hetero) is 1. The highest BCUT2D eigenvalue weighted by Crippen LogP contribution is 2.58. The largest absolute Gasteiger partial charge is 0.496 e. The first-order valence-electron chi connectivity index (χ1n) is 19.5. The number of methoxy groups -OCH3 is 1. The zero-order valence-electron chi connectivity index (χ0n) is 32.9. The van der Waals surface area contributed by atoms with E-state index in [9.17, 15) is 36.4 Å².